The van der Waals surface area contributed by atoms with Crippen molar-refractivity contribution in [3.8, 4) is 16.9 Å². The number of benzene rings is 2. The van der Waals surface area contributed by atoms with E-state index in [-0.39, 0.29) is 12.4 Å². The molecule has 0 radical (unpaired) electrons. The van der Waals surface area contributed by atoms with Crippen LogP contribution >= 0.6 is 0 Å². The maximum Gasteiger partial charge on any atom is 0.123 e. The van der Waals surface area contributed by atoms with Crippen molar-refractivity contribution in [3.63, 3.8) is 0 Å². The lowest BCUT2D eigenvalue weighted by Gasteiger charge is -2.04. The van der Waals surface area contributed by atoms with Crippen LogP contribution in [0.4, 0.5) is 0 Å². The SMILES string of the molecule is OCc1ccc(-c2ccccc2O)cc1. The van der Waals surface area contributed by atoms with Crippen LogP contribution in [0.2, 0.25) is 0 Å². The minimum absolute atomic E-state index is 0.0427. The molecule has 0 unspecified atom stereocenters. The molecule has 15 heavy (non-hydrogen) atoms. The van der Waals surface area contributed by atoms with Gasteiger partial charge in [0.25, 0.3) is 0 Å². The Kier molecular flexibility index (Phi) is 2.70. The van der Waals surface area contributed by atoms with Gasteiger partial charge in [-0.05, 0) is 17.2 Å². The lowest BCUT2D eigenvalue weighted by Crippen LogP contribution is -1.83. The number of rotatable bonds is 2. The number of para-hydroxylation sites is 1. The van der Waals surface area contributed by atoms with Crippen molar-refractivity contribution in [2.24, 2.45) is 0 Å². The standard InChI is InChI=1S/C13H12O2/c14-9-10-5-7-11(8-6-10)12-3-1-2-4-13(12)15/h1-8,14-15H,9H2. The van der Waals surface area contributed by atoms with Gasteiger partial charge in [-0.1, -0.05) is 42.5 Å². The molecule has 0 saturated heterocycles. The summed E-state index contributed by atoms with van der Waals surface area (Å²) in [6.07, 6.45) is 0. The molecule has 2 aromatic carbocycles. The van der Waals surface area contributed by atoms with E-state index in [1.165, 1.54) is 0 Å². The second-order valence-corrected chi connectivity index (χ2v) is 3.37. The third-order valence-electron chi connectivity index (χ3n) is 2.35. The summed E-state index contributed by atoms with van der Waals surface area (Å²) >= 11 is 0. The van der Waals surface area contributed by atoms with Gasteiger partial charge in [-0.3, -0.25) is 0 Å². The summed E-state index contributed by atoms with van der Waals surface area (Å²) in [4.78, 5) is 0. The number of aliphatic hydroxyl groups is 1. The predicted molar refractivity (Wildman–Crippen MR) is 59.5 cm³/mol. The average Bonchev–Trinajstić information content (AvgIpc) is 2.30. The van der Waals surface area contributed by atoms with Crippen molar-refractivity contribution in [3.05, 3.63) is 54.1 Å². The summed E-state index contributed by atoms with van der Waals surface area (Å²) in [5, 5.41) is 18.5. The number of hydrogen-bond donors (Lipinski definition) is 2. The zero-order valence-electron chi connectivity index (χ0n) is 8.22. The molecule has 0 heterocycles. The van der Waals surface area contributed by atoms with Crippen molar-refractivity contribution >= 4 is 0 Å². The predicted octanol–water partition coefficient (Wildman–Crippen LogP) is 2.55. The third kappa shape index (κ3) is 2.00. The first-order valence-electron chi connectivity index (χ1n) is 4.79. The lowest BCUT2D eigenvalue weighted by atomic mass is 10.0. The summed E-state index contributed by atoms with van der Waals surface area (Å²) in [6.45, 7) is 0.0427. The molecule has 2 heteroatoms. The van der Waals surface area contributed by atoms with Gasteiger partial charge < -0.3 is 10.2 Å². The third-order valence-corrected chi connectivity index (χ3v) is 2.35. The molecule has 2 aromatic rings. The monoisotopic (exact) mass is 200 g/mol. The van der Waals surface area contributed by atoms with Crippen molar-refractivity contribution in [2.45, 2.75) is 6.61 Å². The Morgan fingerprint density at radius 1 is 0.867 bits per heavy atom. The highest BCUT2D eigenvalue weighted by atomic mass is 16.3. The zero-order chi connectivity index (χ0) is 10.7. The van der Waals surface area contributed by atoms with E-state index in [0.29, 0.717) is 0 Å². The highest BCUT2D eigenvalue weighted by molar-refractivity contribution is 5.69. The summed E-state index contributed by atoms with van der Waals surface area (Å²) < 4.78 is 0. The van der Waals surface area contributed by atoms with Gasteiger partial charge in [0.2, 0.25) is 0 Å². The second kappa shape index (κ2) is 4.15. The number of phenols is 1. The van der Waals surface area contributed by atoms with Crippen LogP contribution in [-0.4, -0.2) is 10.2 Å². The van der Waals surface area contributed by atoms with E-state index >= 15 is 0 Å². The molecule has 2 rings (SSSR count). The normalized spacial score (nSPS) is 10.2. The quantitative estimate of drug-likeness (QED) is 0.782. The molecule has 0 atom stereocenters. The molecule has 0 aliphatic rings. The van der Waals surface area contributed by atoms with Crippen LogP contribution in [0.15, 0.2) is 48.5 Å². The van der Waals surface area contributed by atoms with Crippen LogP contribution in [0.25, 0.3) is 11.1 Å². The van der Waals surface area contributed by atoms with E-state index in [1.54, 1.807) is 12.1 Å². The van der Waals surface area contributed by atoms with Gasteiger partial charge in [0.05, 0.1) is 6.61 Å². The van der Waals surface area contributed by atoms with Gasteiger partial charge in [-0.15, -0.1) is 0 Å². The molecule has 2 nitrogen and oxygen atoms in total. The van der Waals surface area contributed by atoms with Crippen molar-refractivity contribution < 1.29 is 10.2 Å². The molecule has 76 valence electrons. The van der Waals surface area contributed by atoms with Gasteiger partial charge in [-0.25, -0.2) is 0 Å². The van der Waals surface area contributed by atoms with E-state index in [2.05, 4.69) is 0 Å². The molecule has 0 aliphatic heterocycles. The first-order valence-corrected chi connectivity index (χ1v) is 4.79. The molecule has 0 fully saturated rings. The van der Waals surface area contributed by atoms with Crippen molar-refractivity contribution in [2.75, 3.05) is 0 Å². The molecular formula is C13H12O2. The molecule has 0 bridgehead atoms. The van der Waals surface area contributed by atoms with Crippen LogP contribution in [-0.2, 0) is 6.61 Å². The van der Waals surface area contributed by atoms with Crippen molar-refractivity contribution in [1.82, 2.24) is 0 Å². The fourth-order valence-electron chi connectivity index (χ4n) is 1.51. The Morgan fingerprint density at radius 2 is 1.53 bits per heavy atom. The molecule has 2 N–H and O–H groups in total. The van der Waals surface area contributed by atoms with E-state index < -0.39 is 0 Å². The minimum atomic E-state index is 0.0427. The van der Waals surface area contributed by atoms with Crippen LogP contribution in [0.1, 0.15) is 5.56 Å². The van der Waals surface area contributed by atoms with E-state index in [0.717, 1.165) is 16.7 Å². The number of aliphatic hydroxyl groups excluding tert-OH is 1. The fraction of sp³-hybridized carbons (Fsp3) is 0.0769. The van der Waals surface area contributed by atoms with Crippen LogP contribution in [0.5, 0.6) is 5.75 Å². The van der Waals surface area contributed by atoms with Gasteiger partial charge in [0, 0.05) is 5.56 Å². The van der Waals surface area contributed by atoms with Gasteiger partial charge in [0.1, 0.15) is 5.75 Å². The van der Waals surface area contributed by atoms with Crippen LogP contribution in [0.3, 0.4) is 0 Å². The lowest BCUT2D eigenvalue weighted by molar-refractivity contribution is 0.282. The maximum absolute atomic E-state index is 9.64. The summed E-state index contributed by atoms with van der Waals surface area (Å²) in [5.41, 5.74) is 2.63. The highest BCUT2D eigenvalue weighted by Crippen LogP contribution is 2.28. The van der Waals surface area contributed by atoms with E-state index in [4.69, 9.17) is 5.11 Å². The average molecular weight is 200 g/mol. The van der Waals surface area contributed by atoms with Gasteiger partial charge in [0.15, 0.2) is 0 Å². The Hall–Kier alpha value is -1.80. The van der Waals surface area contributed by atoms with E-state index in [1.807, 2.05) is 36.4 Å². The maximum atomic E-state index is 9.64. The number of hydrogen-bond acceptors (Lipinski definition) is 2. The number of aromatic hydroxyl groups is 1. The zero-order valence-corrected chi connectivity index (χ0v) is 8.22. The first kappa shape index (κ1) is 9.74. The minimum Gasteiger partial charge on any atom is -0.507 e. The van der Waals surface area contributed by atoms with Crippen LogP contribution in [0, 0.1) is 0 Å². The second-order valence-electron chi connectivity index (χ2n) is 3.37. The summed E-state index contributed by atoms with van der Waals surface area (Å²) in [7, 11) is 0. The first-order chi connectivity index (χ1) is 7.31. The smallest absolute Gasteiger partial charge is 0.123 e. The number of phenolic OH excluding ortho intramolecular Hbond substituents is 1. The summed E-state index contributed by atoms with van der Waals surface area (Å²) in [5.74, 6) is 0.272. The van der Waals surface area contributed by atoms with Gasteiger partial charge in [-0.2, -0.15) is 0 Å². The Labute approximate surface area is 88.4 Å². The van der Waals surface area contributed by atoms with Crippen LogP contribution < -0.4 is 0 Å². The topological polar surface area (TPSA) is 40.5 Å². The molecule has 0 aliphatic carbocycles. The Bertz CT molecular complexity index is 446. The van der Waals surface area contributed by atoms with Crippen molar-refractivity contribution in [1.29, 1.82) is 0 Å². The molecule has 0 amide bonds. The molecular weight excluding hydrogens is 188 g/mol. The highest BCUT2D eigenvalue weighted by Gasteiger charge is 2.02. The Morgan fingerprint density at radius 3 is 2.13 bits per heavy atom. The summed E-state index contributed by atoms with van der Waals surface area (Å²) in [6, 6.07) is 14.7. The van der Waals surface area contributed by atoms with Gasteiger partial charge >= 0.3 is 0 Å². The molecule has 0 spiro atoms. The van der Waals surface area contributed by atoms with E-state index in [9.17, 15) is 5.11 Å². The molecule has 0 aromatic heterocycles. The molecule has 0 saturated carbocycles. The Balaban J connectivity index is 2.42. The largest absolute Gasteiger partial charge is 0.507 e. The fourth-order valence-corrected chi connectivity index (χ4v) is 1.51.